The quantitative estimate of drug-likeness (QED) is 0.905. The van der Waals surface area contributed by atoms with Crippen molar-refractivity contribution < 1.29 is 4.74 Å². The molecule has 0 aliphatic heterocycles. The zero-order valence-corrected chi connectivity index (χ0v) is 11.3. The molecule has 0 fully saturated rings. The molecule has 0 radical (unpaired) electrons. The van der Waals surface area contributed by atoms with E-state index in [0.29, 0.717) is 0 Å². The number of rotatable bonds is 4. The van der Waals surface area contributed by atoms with Crippen LogP contribution in [0.15, 0.2) is 42.5 Å². The molecule has 0 spiro atoms. The molecule has 0 aliphatic carbocycles. The molecule has 0 aromatic heterocycles. The number of hydrogen-bond acceptors (Lipinski definition) is 2. The van der Waals surface area contributed by atoms with Gasteiger partial charge in [0, 0.05) is 22.7 Å². The van der Waals surface area contributed by atoms with Gasteiger partial charge in [0.1, 0.15) is 5.75 Å². The van der Waals surface area contributed by atoms with Crippen molar-refractivity contribution in [1.82, 2.24) is 5.32 Å². The van der Waals surface area contributed by atoms with Crippen LogP contribution in [0, 0.1) is 0 Å². The van der Waals surface area contributed by atoms with Crippen LogP contribution in [0.2, 0.25) is 5.02 Å². The van der Waals surface area contributed by atoms with Crippen molar-refractivity contribution in [2.24, 2.45) is 0 Å². The van der Waals surface area contributed by atoms with Gasteiger partial charge in [0.15, 0.2) is 0 Å². The topological polar surface area (TPSA) is 21.3 Å². The molecular formula is C15H16ClNO. The van der Waals surface area contributed by atoms with Gasteiger partial charge in [-0.25, -0.2) is 0 Å². The van der Waals surface area contributed by atoms with E-state index < -0.39 is 0 Å². The summed E-state index contributed by atoms with van der Waals surface area (Å²) in [6.07, 6.45) is 0. The van der Waals surface area contributed by atoms with E-state index in [1.165, 1.54) is 5.56 Å². The van der Waals surface area contributed by atoms with Crippen molar-refractivity contribution in [2.75, 3.05) is 14.2 Å². The minimum absolute atomic E-state index is 0.743. The van der Waals surface area contributed by atoms with Crippen molar-refractivity contribution >= 4 is 11.6 Å². The molecule has 1 N–H and O–H groups in total. The normalized spacial score (nSPS) is 10.4. The molecule has 0 saturated carbocycles. The smallest absolute Gasteiger partial charge is 0.126 e. The minimum Gasteiger partial charge on any atom is -0.496 e. The zero-order valence-electron chi connectivity index (χ0n) is 10.5. The van der Waals surface area contributed by atoms with Crippen molar-refractivity contribution in [3.05, 3.63) is 53.1 Å². The van der Waals surface area contributed by atoms with Crippen LogP contribution < -0.4 is 10.1 Å². The Morgan fingerprint density at radius 3 is 2.56 bits per heavy atom. The summed E-state index contributed by atoms with van der Waals surface area (Å²) in [5, 5.41) is 3.85. The predicted octanol–water partition coefficient (Wildman–Crippen LogP) is 3.74. The van der Waals surface area contributed by atoms with Gasteiger partial charge in [0.25, 0.3) is 0 Å². The fourth-order valence-electron chi connectivity index (χ4n) is 1.96. The fourth-order valence-corrected chi connectivity index (χ4v) is 2.26. The summed E-state index contributed by atoms with van der Waals surface area (Å²) in [6, 6.07) is 14.0. The molecule has 0 unspecified atom stereocenters. The number of para-hydroxylation sites is 1. The van der Waals surface area contributed by atoms with Crippen LogP contribution in [0.1, 0.15) is 5.56 Å². The number of hydrogen-bond donors (Lipinski definition) is 1. The highest BCUT2D eigenvalue weighted by molar-refractivity contribution is 6.33. The van der Waals surface area contributed by atoms with Gasteiger partial charge in [0.05, 0.1) is 7.11 Å². The van der Waals surface area contributed by atoms with E-state index in [1.807, 2.05) is 43.4 Å². The molecule has 0 aliphatic rings. The van der Waals surface area contributed by atoms with Crippen molar-refractivity contribution in [3.63, 3.8) is 0 Å². The maximum Gasteiger partial charge on any atom is 0.126 e. The Labute approximate surface area is 113 Å². The van der Waals surface area contributed by atoms with E-state index in [9.17, 15) is 0 Å². The van der Waals surface area contributed by atoms with E-state index in [4.69, 9.17) is 16.3 Å². The fraction of sp³-hybridized carbons (Fsp3) is 0.200. The van der Waals surface area contributed by atoms with Gasteiger partial charge in [0.2, 0.25) is 0 Å². The van der Waals surface area contributed by atoms with Crippen molar-refractivity contribution in [3.8, 4) is 16.9 Å². The lowest BCUT2D eigenvalue weighted by Gasteiger charge is -2.11. The van der Waals surface area contributed by atoms with Crippen LogP contribution in [0.25, 0.3) is 11.1 Å². The predicted molar refractivity (Wildman–Crippen MR) is 76.2 cm³/mol. The molecular weight excluding hydrogens is 246 g/mol. The van der Waals surface area contributed by atoms with E-state index >= 15 is 0 Å². The summed E-state index contributed by atoms with van der Waals surface area (Å²) >= 11 is 6.35. The molecule has 2 aromatic rings. The first kappa shape index (κ1) is 12.9. The summed E-state index contributed by atoms with van der Waals surface area (Å²) in [5.41, 5.74) is 3.18. The standard InChI is InChI=1S/C15H16ClNO/c1-17-10-11-7-8-12(14(16)9-11)13-5-3-4-6-15(13)18-2/h3-9,17H,10H2,1-2H3. The number of nitrogens with one attached hydrogen (secondary N) is 1. The third-order valence-electron chi connectivity index (χ3n) is 2.81. The van der Waals surface area contributed by atoms with Gasteiger partial charge in [-0.05, 0) is 24.7 Å². The average molecular weight is 262 g/mol. The number of methoxy groups -OCH3 is 1. The maximum absolute atomic E-state index is 6.35. The van der Waals surface area contributed by atoms with Gasteiger partial charge in [-0.3, -0.25) is 0 Å². The van der Waals surface area contributed by atoms with Crippen molar-refractivity contribution in [1.29, 1.82) is 0 Å². The molecule has 0 heterocycles. The second kappa shape index (κ2) is 5.89. The Kier molecular flexibility index (Phi) is 4.24. The van der Waals surface area contributed by atoms with E-state index in [2.05, 4.69) is 11.4 Å². The van der Waals surface area contributed by atoms with Crippen LogP contribution in [-0.4, -0.2) is 14.2 Å². The number of halogens is 1. The summed E-state index contributed by atoms with van der Waals surface area (Å²) in [4.78, 5) is 0. The molecule has 94 valence electrons. The lowest BCUT2D eigenvalue weighted by molar-refractivity contribution is 0.416. The average Bonchev–Trinajstić information content (AvgIpc) is 2.39. The largest absolute Gasteiger partial charge is 0.496 e. The highest BCUT2D eigenvalue weighted by atomic mass is 35.5. The molecule has 2 nitrogen and oxygen atoms in total. The first-order chi connectivity index (χ1) is 8.76. The van der Waals surface area contributed by atoms with Gasteiger partial charge >= 0.3 is 0 Å². The van der Waals surface area contributed by atoms with Crippen LogP contribution in [-0.2, 0) is 6.54 Å². The molecule has 3 heteroatoms. The van der Waals surface area contributed by atoms with Crippen LogP contribution in [0.4, 0.5) is 0 Å². The lowest BCUT2D eigenvalue weighted by atomic mass is 10.0. The Morgan fingerprint density at radius 1 is 1.11 bits per heavy atom. The first-order valence-electron chi connectivity index (χ1n) is 5.82. The van der Waals surface area contributed by atoms with Gasteiger partial charge < -0.3 is 10.1 Å². The molecule has 18 heavy (non-hydrogen) atoms. The van der Waals surface area contributed by atoms with Crippen LogP contribution in [0.5, 0.6) is 5.75 Å². The molecule has 2 aromatic carbocycles. The second-order valence-electron chi connectivity index (χ2n) is 4.04. The summed E-state index contributed by atoms with van der Waals surface area (Å²) in [7, 11) is 3.59. The number of benzene rings is 2. The molecule has 0 amide bonds. The Balaban J connectivity index is 2.44. The summed E-state index contributed by atoms with van der Waals surface area (Å²) < 4.78 is 5.36. The Bertz CT molecular complexity index is 540. The maximum atomic E-state index is 6.35. The highest BCUT2D eigenvalue weighted by Crippen LogP contribution is 2.34. The van der Waals surface area contributed by atoms with Gasteiger partial charge in [-0.2, -0.15) is 0 Å². The third kappa shape index (κ3) is 2.66. The SMILES string of the molecule is CNCc1ccc(-c2ccccc2OC)c(Cl)c1. The van der Waals surface area contributed by atoms with E-state index in [0.717, 1.165) is 28.4 Å². The molecule has 2 rings (SSSR count). The minimum atomic E-state index is 0.743. The highest BCUT2D eigenvalue weighted by Gasteiger charge is 2.09. The summed E-state index contributed by atoms with van der Waals surface area (Å²) in [5.74, 6) is 0.834. The Morgan fingerprint density at radius 2 is 1.89 bits per heavy atom. The van der Waals surface area contributed by atoms with Crippen molar-refractivity contribution in [2.45, 2.75) is 6.54 Å². The Hall–Kier alpha value is -1.51. The molecule has 0 saturated heterocycles. The van der Waals surface area contributed by atoms with Crippen LogP contribution in [0.3, 0.4) is 0 Å². The second-order valence-corrected chi connectivity index (χ2v) is 4.45. The first-order valence-corrected chi connectivity index (χ1v) is 6.20. The summed E-state index contributed by atoms with van der Waals surface area (Å²) in [6.45, 7) is 0.811. The van der Waals surface area contributed by atoms with Gasteiger partial charge in [-0.1, -0.05) is 41.9 Å². The lowest BCUT2D eigenvalue weighted by Crippen LogP contribution is -2.04. The number of ether oxygens (including phenoxy) is 1. The zero-order chi connectivity index (χ0) is 13.0. The van der Waals surface area contributed by atoms with E-state index in [-0.39, 0.29) is 0 Å². The van der Waals surface area contributed by atoms with E-state index in [1.54, 1.807) is 7.11 Å². The molecule has 0 bridgehead atoms. The monoisotopic (exact) mass is 261 g/mol. The van der Waals surface area contributed by atoms with Gasteiger partial charge in [-0.15, -0.1) is 0 Å². The third-order valence-corrected chi connectivity index (χ3v) is 3.12. The van der Waals surface area contributed by atoms with Crippen LogP contribution >= 0.6 is 11.6 Å². The molecule has 0 atom stereocenters.